The maximum atomic E-state index is 12.6. The largest absolute Gasteiger partial charge is 0.379 e. The number of quaternary nitrogens is 1. The topological polar surface area (TPSA) is 106 Å². The number of carbonyl (C=O) groups is 1. The van der Waals surface area contributed by atoms with E-state index in [2.05, 4.69) is 15.5 Å². The van der Waals surface area contributed by atoms with Crippen LogP contribution in [0, 0.1) is 5.92 Å². The maximum absolute atomic E-state index is 12.6. The van der Waals surface area contributed by atoms with Gasteiger partial charge in [0, 0.05) is 59.3 Å². The van der Waals surface area contributed by atoms with Gasteiger partial charge in [0.2, 0.25) is 6.29 Å². The summed E-state index contributed by atoms with van der Waals surface area (Å²) in [7, 11) is 3.52. The molecule has 0 aromatic carbocycles. The minimum Gasteiger partial charge on any atom is -0.379 e. The van der Waals surface area contributed by atoms with E-state index >= 15 is 0 Å². The normalized spacial score (nSPS) is 42.4. The van der Waals surface area contributed by atoms with Gasteiger partial charge in [-0.1, -0.05) is 0 Å². The van der Waals surface area contributed by atoms with Gasteiger partial charge in [-0.15, -0.1) is 0 Å². The minimum absolute atomic E-state index is 0.0537. The quantitative estimate of drug-likeness (QED) is 0.496. The van der Waals surface area contributed by atoms with Crippen LogP contribution in [0.2, 0.25) is 0 Å². The van der Waals surface area contributed by atoms with E-state index in [0.717, 1.165) is 51.9 Å². The Morgan fingerprint density at radius 2 is 1.86 bits per heavy atom. The van der Waals surface area contributed by atoms with Crippen molar-refractivity contribution in [1.29, 1.82) is 0 Å². The van der Waals surface area contributed by atoms with Crippen LogP contribution < -0.4 is 16.4 Å². The van der Waals surface area contributed by atoms with Crippen LogP contribution >= 0.6 is 0 Å². The zero-order chi connectivity index (χ0) is 19.7. The summed E-state index contributed by atoms with van der Waals surface area (Å²) in [4.78, 5) is 16.9. The Labute approximate surface area is 167 Å². The van der Waals surface area contributed by atoms with Crippen molar-refractivity contribution in [2.45, 2.75) is 62.5 Å². The molecule has 0 spiro atoms. The van der Waals surface area contributed by atoms with Crippen LogP contribution in [0.25, 0.3) is 0 Å². The summed E-state index contributed by atoms with van der Waals surface area (Å²) in [5.41, 5.74) is 6.51. The number of nitrogens with zero attached hydrogens (tertiary/aromatic N) is 2. The Kier molecular flexibility index (Phi) is 6.51. The van der Waals surface area contributed by atoms with E-state index in [1.165, 1.54) is 0 Å². The molecule has 3 heterocycles. The highest BCUT2D eigenvalue weighted by Crippen LogP contribution is 2.29. The first-order valence-electron chi connectivity index (χ1n) is 10.7. The van der Waals surface area contributed by atoms with E-state index in [1.807, 2.05) is 4.90 Å². The number of nitrogens with one attached hydrogen (secondary N) is 1. The SMILES string of the molecule is COC1CC2[NH2+]C(N3CCN(C(=O)[C@@H]4CCCO4)CC3)NC(N)C2CC1OC. The molecule has 3 saturated heterocycles. The van der Waals surface area contributed by atoms with Crippen LogP contribution in [0.4, 0.5) is 0 Å². The lowest BCUT2D eigenvalue weighted by Gasteiger charge is -2.49. The molecule has 5 N–H and O–H groups in total. The smallest absolute Gasteiger partial charge is 0.251 e. The summed E-state index contributed by atoms with van der Waals surface area (Å²) in [6.07, 6.45) is 3.81. The summed E-state index contributed by atoms with van der Waals surface area (Å²) < 4.78 is 16.9. The van der Waals surface area contributed by atoms with Gasteiger partial charge in [0.15, 0.2) is 0 Å². The van der Waals surface area contributed by atoms with Crippen LogP contribution in [0.5, 0.6) is 0 Å². The van der Waals surface area contributed by atoms with Crippen molar-refractivity contribution in [2.24, 2.45) is 11.7 Å². The van der Waals surface area contributed by atoms with E-state index in [0.29, 0.717) is 18.6 Å². The number of hydrogen-bond donors (Lipinski definition) is 3. The third-order valence-corrected chi connectivity index (χ3v) is 7.06. The summed E-state index contributed by atoms with van der Waals surface area (Å²) in [5, 5.41) is 5.99. The average molecular weight is 399 g/mol. The van der Waals surface area contributed by atoms with Gasteiger partial charge < -0.3 is 30.2 Å². The lowest BCUT2D eigenvalue weighted by molar-refractivity contribution is -0.764. The molecule has 4 fully saturated rings. The van der Waals surface area contributed by atoms with Crippen molar-refractivity contribution in [3.8, 4) is 0 Å². The summed E-state index contributed by atoms with van der Waals surface area (Å²) in [6, 6.07) is 0.421. The number of ether oxygens (including phenoxy) is 3. The molecule has 0 radical (unpaired) electrons. The third-order valence-electron chi connectivity index (χ3n) is 7.06. The number of fused-ring (bicyclic) bond motifs is 1. The molecule has 0 aromatic rings. The lowest BCUT2D eigenvalue weighted by Crippen LogP contribution is -3.06. The van der Waals surface area contributed by atoms with Gasteiger partial charge in [-0.05, 0) is 19.3 Å². The number of methoxy groups -OCH3 is 2. The molecule has 0 bridgehead atoms. The molecule has 1 saturated carbocycles. The predicted molar refractivity (Wildman–Crippen MR) is 102 cm³/mol. The molecular formula is C19H36N5O4+. The second-order valence-electron chi connectivity index (χ2n) is 8.54. The van der Waals surface area contributed by atoms with Gasteiger partial charge >= 0.3 is 0 Å². The van der Waals surface area contributed by atoms with Crippen molar-refractivity contribution < 1.29 is 24.3 Å². The van der Waals surface area contributed by atoms with Crippen LogP contribution in [0.15, 0.2) is 0 Å². The Hall–Kier alpha value is -0.810. The monoisotopic (exact) mass is 398 g/mol. The number of piperazine rings is 1. The van der Waals surface area contributed by atoms with Gasteiger partial charge in [0.25, 0.3) is 5.91 Å². The van der Waals surface area contributed by atoms with Crippen LogP contribution in [0.3, 0.4) is 0 Å². The van der Waals surface area contributed by atoms with E-state index in [1.54, 1.807) is 14.2 Å². The van der Waals surface area contributed by atoms with E-state index in [4.69, 9.17) is 19.9 Å². The van der Waals surface area contributed by atoms with Gasteiger partial charge in [-0.25, -0.2) is 10.2 Å². The van der Waals surface area contributed by atoms with Crippen molar-refractivity contribution in [3.05, 3.63) is 0 Å². The van der Waals surface area contributed by atoms with Gasteiger partial charge in [-0.3, -0.25) is 4.79 Å². The molecule has 3 aliphatic heterocycles. The predicted octanol–water partition coefficient (Wildman–Crippen LogP) is -2.15. The Bertz CT molecular complexity index is 538. The molecule has 4 rings (SSSR count). The first-order valence-corrected chi connectivity index (χ1v) is 10.7. The molecule has 6 unspecified atom stereocenters. The highest BCUT2D eigenvalue weighted by atomic mass is 16.5. The summed E-state index contributed by atoms with van der Waals surface area (Å²) in [5.74, 6) is 0.533. The fraction of sp³-hybridized carbons (Fsp3) is 0.947. The van der Waals surface area contributed by atoms with E-state index < -0.39 is 0 Å². The summed E-state index contributed by atoms with van der Waals surface area (Å²) in [6.45, 7) is 3.92. The zero-order valence-corrected chi connectivity index (χ0v) is 17.1. The Morgan fingerprint density at radius 1 is 1.14 bits per heavy atom. The second kappa shape index (κ2) is 8.91. The van der Waals surface area contributed by atoms with Crippen molar-refractivity contribution >= 4 is 5.91 Å². The molecule has 0 aromatic heterocycles. The molecule has 160 valence electrons. The third kappa shape index (κ3) is 4.07. The number of hydrogen-bond acceptors (Lipinski definition) is 7. The Morgan fingerprint density at radius 3 is 2.50 bits per heavy atom. The van der Waals surface area contributed by atoms with Gasteiger partial charge in [-0.2, -0.15) is 0 Å². The first kappa shape index (κ1) is 20.5. The standard InChI is InChI=1S/C19H35N5O4/c1-26-15-10-12-13(11-16(15)27-2)21-19(22-17(12)20)24-7-5-23(6-8-24)18(25)14-4-3-9-28-14/h12-17,19,21-22H,3-11,20H2,1-2H3/p+1/t12?,13?,14-,15?,16?,17?,19?/m0/s1. The van der Waals surface area contributed by atoms with E-state index in [9.17, 15) is 4.79 Å². The first-order chi connectivity index (χ1) is 13.6. The zero-order valence-electron chi connectivity index (χ0n) is 17.1. The highest BCUT2D eigenvalue weighted by molar-refractivity contribution is 5.81. The number of carbonyl (C=O) groups excluding carboxylic acids is 1. The van der Waals surface area contributed by atoms with E-state index in [-0.39, 0.29) is 36.7 Å². The van der Waals surface area contributed by atoms with Crippen molar-refractivity contribution in [2.75, 3.05) is 47.0 Å². The molecular weight excluding hydrogens is 362 g/mol. The maximum Gasteiger partial charge on any atom is 0.251 e. The number of nitrogens with two attached hydrogens (primary N) is 2. The molecule has 1 aliphatic carbocycles. The molecule has 7 atom stereocenters. The molecule has 4 aliphatic rings. The van der Waals surface area contributed by atoms with Crippen LogP contribution in [-0.4, -0.2) is 99.5 Å². The van der Waals surface area contributed by atoms with Gasteiger partial charge in [0.05, 0.1) is 24.4 Å². The minimum atomic E-state index is -0.220. The van der Waals surface area contributed by atoms with Crippen LogP contribution in [0.1, 0.15) is 25.7 Å². The fourth-order valence-electron chi connectivity index (χ4n) is 5.35. The lowest BCUT2D eigenvalue weighted by atomic mass is 9.78. The highest BCUT2D eigenvalue weighted by Gasteiger charge is 2.48. The second-order valence-corrected chi connectivity index (χ2v) is 8.54. The van der Waals surface area contributed by atoms with Crippen molar-refractivity contribution in [1.82, 2.24) is 15.1 Å². The molecule has 9 nitrogen and oxygen atoms in total. The molecule has 1 amide bonds. The number of rotatable bonds is 4. The average Bonchev–Trinajstić information content (AvgIpc) is 3.27. The fourth-order valence-corrected chi connectivity index (χ4v) is 5.35. The van der Waals surface area contributed by atoms with Gasteiger partial charge in [0.1, 0.15) is 6.10 Å². The number of amides is 1. The van der Waals surface area contributed by atoms with Crippen LogP contribution in [-0.2, 0) is 19.0 Å². The Balaban J connectivity index is 1.32. The summed E-state index contributed by atoms with van der Waals surface area (Å²) >= 11 is 0. The molecule has 9 heteroatoms. The van der Waals surface area contributed by atoms with Crippen molar-refractivity contribution in [3.63, 3.8) is 0 Å². The molecule has 28 heavy (non-hydrogen) atoms.